The van der Waals surface area contributed by atoms with Gasteiger partial charge in [0.15, 0.2) is 6.61 Å². The number of primary amides is 1. The molecule has 1 saturated heterocycles. The molecule has 0 saturated carbocycles. The SMILES string of the molecule is CCC1(O)CCN(C(=O)c2ccc(OCC(N)=O)cc2)CC1. The summed E-state index contributed by atoms with van der Waals surface area (Å²) in [6.07, 6.45) is 1.92. The van der Waals surface area contributed by atoms with E-state index in [2.05, 4.69) is 0 Å². The van der Waals surface area contributed by atoms with E-state index in [1.807, 2.05) is 6.92 Å². The maximum Gasteiger partial charge on any atom is 0.255 e. The molecule has 0 unspecified atom stereocenters. The molecule has 0 atom stereocenters. The lowest BCUT2D eigenvalue weighted by Gasteiger charge is -2.37. The van der Waals surface area contributed by atoms with Crippen molar-refractivity contribution >= 4 is 11.8 Å². The largest absolute Gasteiger partial charge is 0.484 e. The van der Waals surface area contributed by atoms with Gasteiger partial charge in [-0.1, -0.05) is 6.92 Å². The summed E-state index contributed by atoms with van der Waals surface area (Å²) in [5.41, 5.74) is 4.93. The molecule has 1 aromatic carbocycles. The molecule has 1 aromatic rings. The topological polar surface area (TPSA) is 92.9 Å². The molecule has 0 bridgehead atoms. The third-order valence-electron chi connectivity index (χ3n) is 4.12. The van der Waals surface area contributed by atoms with Crippen LogP contribution >= 0.6 is 0 Å². The summed E-state index contributed by atoms with van der Waals surface area (Å²) in [4.78, 5) is 24.8. The van der Waals surface area contributed by atoms with Crippen molar-refractivity contribution in [3.05, 3.63) is 29.8 Å². The Kier molecular flexibility index (Phi) is 5.03. The molecule has 1 aliphatic rings. The molecule has 120 valence electrons. The summed E-state index contributed by atoms with van der Waals surface area (Å²) >= 11 is 0. The monoisotopic (exact) mass is 306 g/mol. The number of benzene rings is 1. The smallest absolute Gasteiger partial charge is 0.255 e. The Hall–Kier alpha value is -2.08. The van der Waals surface area contributed by atoms with Crippen molar-refractivity contribution in [3.63, 3.8) is 0 Å². The predicted molar refractivity (Wildman–Crippen MR) is 81.5 cm³/mol. The van der Waals surface area contributed by atoms with Crippen LogP contribution in [-0.4, -0.2) is 47.1 Å². The summed E-state index contributed by atoms with van der Waals surface area (Å²) in [6, 6.07) is 6.61. The summed E-state index contributed by atoms with van der Waals surface area (Å²) < 4.78 is 5.16. The second kappa shape index (κ2) is 6.79. The van der Waals surface area contributed by atoms with Crippen molar-refractivity contribution < 1.29 is 19.4 Å². The molecule has 3 N–H and O–H groups in total. The molecule has 1 aliphatic heterocycles. The van der Waals surface area contributed by atoms with Gasteiger partial charge in [0.2, 0.25) is 0 Å². The van der Waals surface area contributed by atoms with Crippen LogP contribution < -0.4 is 10.5 Å². The number of amides is 2. The fraction of sp³-hybridized carbons (Fsp3) is 0.500. The van der Waals surface area contributed by atoms with E-state index in [4.69, 9.17) is 10.5 Å². The molecule has 0 aromatic heterocycles. The van der Waals surface area contributed by atoms with Crippen LogP contribution in [0.3, 0.4) is 0 Å². The molecular formula is C16H22N2O4. The van der Waals surface area contributed by atoms with Crippen molar-refractivity contribution in [3.8, 4) is 5.75 Å². The zero-order chi connectivity index (χ0) is 16.2. The number of piperidine rings is 1. The lowest BCUT2D eigenvalue weighted by Crippen LogP contribution is -2.46. The lowest BCUT2D eigenvalue weighted by atomic mass is 9.89. The fourth-order valence-corrected chi connectivity index (χ4v) is 2.51. The van der Waals surface area contributed by atoms with Gasteiger partial charge in [0.1, 0.15) is 5.75 Å². The van der Waals surface area contributed by atoms with Crippen LogP contribution in [0.5, 0.6) is 5.75 Å². The number of rotatable bonds is 5. The summed E-state index contributed by atoms with van der Waals surface area (Å²) in [5, 5.41) is 10.2. The van der Waals surface area contributed by atoms with E-state index in [1.165, 1.54) is 0 Å². The van der Waals surface area contributed by atoms with Crippen molar-refractivity contribution in [2.45, 2.75) is 31.8 Å². The second-order valence-electron chi connectivity index (χ2n) is 5.65. The van der Waals surface area contributed by atoms with E-state index < -0.39 is 11.5 Å². The van der Waals surface area contributed by atoms with Gasteiger partial charge in [-0.3, -0.25) is 9.59 Å². The Labute approximate surface area is 129 Å². The number of aliphatic hydroxyl groups is 1. The van der Waals surface area contributed by atoms with Gasteiger partial charge in [-0.15, -0.1) is 0 Å². The zero-order valence-electron chi connectivity index (χ0n) is 12.7. The second-order valence-corrected chi connectivity index (χ2v) is 5.65. The maximum absolute atomic E-state index is 12.4. The average molecular weight is 306 g/mol. The average Bonchev–Trinajstić information content (AvgIpc) is 2.53. The predicted octanol–water partition coefficient (Wildman–Crippen LogP) is 0.928. The first kappa shape index (κ1) is 16.3. The van der Waals surface area contributed by atoms with Gasteiger partial charge < -0.3 is 20.5 Å². The highest BCUT2D eigenvalue weighted by molar-refractivity contribution is 5.94. The van der Waals surface area contributed by atoms with Gasteiger partial charge in [0.05, 0.1) is 5.60 Å². The fourth-order valence-electron chi connectivity index (χ4n) is 2.51. The van der Waals surface area contributed by atoms with Gasteiger partial charge in [-0.05, 0) is 43.5 Å². The first-order valence-electron chi connectivity index (χ1n) is 7.46. The third-order valence-corrected chi connectivity index (χ3v) is 4.12. The maximum atomic E-state index is 12.4. The minimum absolute atomic E-state index is 0.0559. The Morgan fingerprint density at radius 1 is 1.27 bits per heavy atom. The van der Waals surface area contributed by atoms with Crippen molar-refractivity contribution in [2.24, 2.45) is 5.73 Å². The standard InChI is InChI=1S/C16H22N2O4/c1-2-16(21)7-9-18(10-8-16)15(20)12-3-5-13(6-4-12)22-11-14(17)19/h3-6,21H,2,7-11H2,1H3,(H2,17,19). The minimum atomic E-state index is -0.636. The van der Waals surface area contributed by atoms with Gasteiger partial charge in [-0.25, -0.2) is 0 Å². The minimum Gasteiger partial charge on any atom is -0.484 e. The number of nitrogens with two attached hydrogens (primary N) is 1. The van der Waals surface area contributed by atoms with Crippen LogP contribution in [0.15, 0.2) is 24.3 Å². The van der Waals surface area contributed by atoms with Gasteiger partial charge in [0.25, 0.3) is 11.8 Å². The molecule has 1 heterocycles. The lowest BCUT2D eigenvalue weighted by molar-refractivity contribution is -0.119. The first-order valence-corrected chi connectivity index (χ1v) is 7.46. The van der Waals surface area contributed by atoms with E-state index in [0.29, 0.717) is 43.7 Å². The number of hydrogen-bond acceptors (Lipinski definition) is 4. The highest BCUT2D eigenvalue weighted by Crippen LogP contribution is 2.26. The molecule has 2 amide bonds. The molecule has 0 spiro atoms. The van der Waals surface area contributed by atoms with E-state index in [-0.39, 0.29) is 12.5 Å². The highest BCUT2D eigenvalue weighted by atomic mass is 16.5. The Morgan fingerprint density at radius 2 is 1.86 bits per heavy atom. The molecule has 22 heavy (non-hydrogen) atoms. The van der Waals surface area contributed by atoms with Gasteiger partial charge in [-0.2, -0.15) is 0 Å². The molecule has 0 radical (unpaired) electrons. The van der Waals surface area contributed by atoms with Crippen LogP contribution in [-0.2, 0) is 4.79 Å². The number of hydrogen-bond donors (Lipinski definition) is 2. The third kappa shape index (κ3) is 3.98. The molecule has 6 heteroatoms. The van der Waals surface area contributed by atoms with Crippen molar-refractivity contribution in [1.29, 1.82) is 0 Å². The normalized spacial score (nSPS) is 17.1. The first-order chi connectivity index (χ1) is 10.4. The molecule has 2 rings (SSSR count). The molecule has 6 nitrogen and oxygen atoms in total. The van der Waals surface area contributed by atoms with E-state index in [1.54, 1.807) is 29.2 Å². The van der Waals surface area contributed by atoms with Crippen LogP contribution in [0.2, 0.25) is 0 Å². The van der Waals surface area contributed by atoms with Gasteiger partial charge in [0, 0.05) is 18.7 Å². The van der Waals surface area contributed by atoms with E-state index in [0.717, 1.165) is 0 Å². The zero-order valence-corrected chi connectivity index (χ0v) is 12.7. The molecule has 0 aliphatic carbocycles. The van der Waals surface area contributed by atoms with Gasteiger partial charge >= 0.3 is 0 Å². The van der Waals surface area contributed by atoms with E-state index in [9.17, 15) is 14.7 Å². The number of ether oxygens (including phenoxy) is 1. The summed E-state index contributed by atoms with van der Waals surface area (Å²) in [7, 11) is 0. The number of nitrogens with zero attached hydrogens (tertiary/aromatic N) is 1. The summed E-state index contributed by atoms with van der Waals surface area (Å²) in [5.74, 6) is -0.106. The Bertz CT molecular complexity index is 534. The summed E-state index contributed by atoms with van der Waals surface area (Å²) in [6.45, 7) is 2.89. The number of carbonyl (C=O) groups excluding carboxylic acids is 2. The quantitative estimate of drug-likeness (QED) is 0.846. The Balaban J connectivity index is 1.94. The molecule has 1 fully saturated rings. The van der Waals surface area contributed by atoms with E-state index >= 15 is 0 Å². The Morgan fingerprint density at radius 3 is 2.36 bits per heavy atom. The number of likely N-dealkylation sites (tertiary alicyclic amines) is 1. The van der Waals surface area contributed by atoms with Crippen LogP contribution in [0.25, 0.3) is 0 Å². The molecular weight excluding hydrogens is 284 g/mol. The van der Waals surface area contributed by atoms with Crippen LogP contribution in [0.4, 0.5) is 0 Å². The van der Waals surface area contributed by atoms with Crippen LogP contribution in [0, 0.1) is 0 Å². The highest BCUT2D eigenvalue weighted by Gasteiger charge is 2.32. The van der Waals surface area contributed by atoms with Crippen LogP contribution in [0.1, 0.15) is 36.5 Å². The van der Waals surface area contributed by atoms with Crippen molar-refractivity contribution in [1.82, 2.24) is 4.90 Å². The van der Waals surface area contributed by atoms with Crippen molar-refractivity contribution in [2.75, 3.05) is 19.7 Å². The number of carbonyl (C=O) groups is 2.